The van der Waals surface area contributed by atoms with Gasteiger partial charge >= 0.3 is 17.9 Å². The van der Waals surface area contributed by atoms with E-state index >= 15 is 0 Å². The summed E-state index contributed by atoms with van der Waals surface area (Å²) in [5.41, 5.74) is -1.59. The van der Waals surface area contributed by atoms with Crippen molar-refractivity contribution in [2.45, 2.75) is 45.3 Å². The summed E-state index contributed by atoms with van der Waals surface area (Å²) in [4.78, 5) is 51.3. The van der Waals surface area contributed by atoms with Crippen LogP contribution in [0.1, 0.15) is 33.6 Å². The standard InChI is InChI=1S/C21H29NO8/c1-13-11-15(7-10-28-14(2)23)19(25)30-17-6-9-22(4)8-5-16(18(17)24)12-29-20(26)21(13,3)27/h5,7,13,17,27H,6,8-12H2,1-4H3/b15-7+,16-5-. The number of cyclic esters (lactones) is 1. The van der Waals surface area contributed by atoms with Crippen molar-refractivity contribution in [2.24, 2.45) is 5.92 Å². The second kappa shape index (κ2) is 9.99. The Morgan fingerprint density at radius 3 is 2.77 bits per heavy atom. The first kappa shape index (κ1) is 23.8. The lowest BCUT2D eigenvalue weighted by atomic mass is 9.85. The van der Waals surface area contributed by atoms with Crippen LogP contribution in [-0.4, -0.2) is 78.8 Å². The van der Waals surface area contributed by atoms with Gasteiger partial charge in [0.25, 0.3) is 0 Å². The average molecular weight is 423 g/mol. The van der Waals surface area contributed by atoms with E-state index in [4.69, 9.17) is 14.2 Å². The van der Waals surface area contributed by atoms with Gasteiger partial charge in [0.05, 0.1) is 0 Å². The molecule has 1 saturated heterocycles. The number of ether oxygens (including phenoxy) is 3. The van der Waals surface area contributed by atoms with Gasteiger partial charge in [0.15, 0.2) is 11.7 Å². The number of hydrogen-bond acceptors (Lipinski definition) is 9. The SMILES string of the molecule is CC(=O)OC/C=C1\CC(C)C(C)(O)C(=O)OC/C2=C/CN(C)CCC(OC1=O)C2=O. The van der Waals surface area contributed by atoms with Crippen LogP contribution in [-0.2, 0) is 33.4 Å². The van der Waals surface area contributed by atoms with Crippen molar-refractivity contribution < 1.29 is 38.5 Å². The molecule has 2 heterocycles. The molecule has 0 amide bonds. The van der Waals surface area contributed by atoms with Crippen molar-refractivity contribution >= 4 is 23.7 Å². The first-order chi connectivity index (χ1) is 14.0. The zero-order chi connectivity index (χ0) is 22.5. The third-order valence-electron chi connectivity index (χ3n) is 5.42. The zero-order valence-electron chi connectivity index (χ0n) is 17.8. The van der Waals surface area contributed by atoms with E-state index in [0.29, 0.717) is 13.1 Å². The number of carbonyl (C=O) groups excluding carboxylic acids is 4. The molecule has 2 aliphatic heterocycles. The second-order valence-electron chi connectivity index (χ2n) is 7.90. The van der Waals surface area contributed by atoms with Gasteiger partial charge in [-0.3, -0.25) is 9.59 Å². The van der Waals surface area contributed by atoms with Crippen molar-refractivity contribution in [1.29, 1.82) is 0 Å². The fourth-order valence-electron chi connectivity index (χ4n) is 3.11. The van der Waals surface area contributed by atoms with E-state index in [2.05, 4.69) is 0 Å². The Balaban J connectivity index is 2.42. The first-order valence-corrected chi connectivity index (χ1v) is 9.87. The Labute approximate surface area is 175 Å². The largest absolute Gasteiger partial charge is 0.462 e. The molecule has 0 saturated carbocycles. The summed E-state index contributed by atoms with van der Waals surface area (Å²) in [6, 6.07) is 0. The van der Waals surface area contributed by atoms with Gasteiger partial charge in [-0.05, 0) is 32.4 Å². The van der Waals surface area contributed by atoms with Gasteiger partial charge in [-0.2, -0.15) is 0 Å². The van der Waals surface area contributed by atoms with E-state index in [0.717, 1.165) is 0 Å². The van der Waals surface area contributed by atoms with Crippen molar-refractivity contribution in [2.75, 3.05) is 33.4 Å². The smallest absolute Gasteiger partial charge is 0.338 e. The maximum absolute atomic E-state index is 12.9. The molecule has 9 heteroatoms. The molecule has 0 aromatic heterocycles. The number of fused-ring (bicyclic) bond motifs is 2. The van der Waals surface area contributed by atoms with Gasteiger partial charge in [0.2, 0.25) is 5.78 Å². The van der Waals surface area contributed by atoms with E-state index in [1.54, 1.807) is 13.0 Å². The fraction of sp³-hybridized carbons (Fsp3) is 0.619. The summed E-state index contributed by atoms with van der Waals surface area (Å²) < 4.78 is 15.6. The van der Waals surface area contributed by atoms with E-state index < -0.39 is 41.3 Å². The number of carbonyl (C=O) groups is 4. The van der Waals surface area contributed by atoms with Crippen molar-refractivity contribution in [3.63, 3.8) is 0 Å². The van der Waals surface area contributed by atoms with Crippen LogP contribution in [0.25, 0.3) is 0 Å². The minimum absolute atomic E-state index is 0.0360. The number of esters is 3. The highest BCUT2D eigenvalue weighted by Gasteiger charge is 2.41. The van der Waals surface area contributed by atoms with Gasteiger partial charge in [0.1, 0.15) is 13.2 Å². The normalized spacial score (nSPS) is 32.5. The molecule has 2 aliphatic rings. The van der Waals surface area contributed by atoms with Crippen LogP contribution in [0.15, 0.2) is 23.3 Å². The highest BCUT2D eigenvalue weighted by atomic mass is 16.6. The van der Waals surface area contributed by atoms with Gasteiger partial charge in [-0.1, -0.05) is 13.0 Å². The summed E-state index contributed by atoms with van der Waals surface area (Å²) >= 11 is 0. The Morgan fingerprint density at radius 2 is 2.10 bits per heavy atom. The van der Waals surface area contributed by atoms with Crippen LogP contribution in [0.3, 0.4) is 0 Å². The first-order valence-electron chi connectivity index (χ1n) is 9.87. The predicted molar refractivity (Wildman–Crippen MR) is 105 cm³/mol. The molecule has 2 rings (SSSR count). The lowest BCUT2D eigenvalue weighted by Crippen LogP contribution is -2.45. The van der Waals surface area contributed by atoms with Crippen molar-refractivity contribution in [3.8, 4) is 0 Å². The molecule has 1 fully saturated rings. The van der Waals surface area contributed by atoms with Crippen molar-refractivity contribution in [1.82, 2.24) is 4.90 Å². The monoisotopic (exact) mass is 423 g/mol. The highest BCUT2D eigenvalue weighted by Crippen LogP contribution is 2.28. The summed E-state index contributed by atoms with van der Waals surface area (Å²) in [6.07, 6.45) is 2.22. The lowest BCUT2D eigenvalue weighted by Gasteiger charge is -2.31. The number of hydrogen-bond donors (Lipinski definition) is 1. The lowest BCUT2D eigenvalue weighted by molar-refractivity contribution is -0.169. The quantitative estimate of drug-likeness (QED) is 0.386. The van der Waals surface area contributed by atoms with Gasteiger partial charge in [-0.15, -0.1) is 0 Å². The van der Waals surface area contributed by atoms with Crippen LogP contribution in [0.5, 0.6) is 0 Å². The van der Waals surface area contributed by atoms with Gasteiger partial charge in [0, 0.05) is 37.6 Å². The number of aliphatic hydroxyl groups is 1. The van der Waals surface area contributed by atoms with Crippen molar-refractivity contribution in [3.05, 3.63) is 23.3 Å². The molecule has 0 aromatic carbocycles. The van der Waals surface area contributed by atoms with Gasteiger partial charge in [-0.25, -0.2) is 9.59 Å². The molecular formula is C21H29NO8. The third-order valence-corrected chi connectivity index (χ3v) is 5.42. The molecule has 3 atom stereocenters. The van der Waals surface area contributed by atoms with Crippen LogP contribution >= 0.6 is 0 Å². The minimum atomic E-state index is -1.90. The van der Waals surface area contributed by atoms with E-state index in [-0.39, 0.29) is 37.2 Å². The summed E-state index contributed by atoms with van der Waals surface area (Å²) in [5.74, 6) is -3.30. The molecule has 1 N–H and O–H groups in total. The Bertz CT molecular complexity index is 767. The maximum Gasteiger partial charge on any atom is 0.338 e. The summed E-state index contributed by atoms with van der Waals surface area (Å²) in [5, 5.41) is 10.7. The molecule has 30 heavy (non-hydrogen) atoms. The maximum atomic E-state index is 12.9. The number of Topliss-reactive ketones (excluding diaryl/α,β-unsaturated/α-hetero) is 1. The number of nitrogens with zero attached hydrogens (tertiary/aromatic N) is 1. The predicted octanol–water partition coefficient (Wildman–Crippen LogP) is 0.553. The zero-order valence-corrected chi connectivity index (χ0v) is 17.8. The van der Waals surface area contributed by atoms with Crippen LogP contribution in [0.2, 0.25) is 0 Å². The molecule has 0 aliphatic carbocycles. The van der Waals surface area contributed by atoms with E-state index in [9.17, 15) is 24.3 Å². The van der Waals surface area contributed by atoms with E-state index in [1.807, 2.05) is 11.9 Å². The molecule has 9 nitrogen and oxygen atoms in total. The van der Waals surface area contributed by atoms with Crippen LogP contribution in [0.4, 0.5) is 0 Å². The van der Waals surface area contributed by atoms with Crippen LogP contribution in [0, 0.1) is 5.92 Å². The fourth-order valence-corrected chi connectivity index (χ4v) is 3.11. The molecule has 166 valence electrons. The van der Waals surface area contributed by atoms with E-state index in [1.165, 1.54) is 19.9 Å². The average Bonchev–Trinajstić information content (AvgIpc) is 2.67. The summed E-state index contributed by atoms with van der Waals surface area (Å²) in [6.45, 7) is 4.65. The topological polar surface area (TPSA) is 119 Å². The molecule has 0 aromatic rings. The third kappa shape index (κ3) is 5.99. The Hall–Kier alpha value is -2.52. The molecule has 0 radical (unpaired) electrons. The Kier molecular flexibility index (Phi) is 7.91. The van der Waals surface area contributed by atoms with Crippen LogP contribution < -0.4 is 0 Å². The number of rotatable bonds is 2. The molecule has 0 spiro atoms. The molecular weight excluding hydrogens is 394 g/mol. The number of ketones is 1. The Morgan fingerprint density at radius 1 is 1.40 bits per heavy atom. The minimum Gasteiger partial charge on any atom is -0.462 e. The van der Waals surface area contributed by atoms with Gasteiger partial charge < -0.3 is 24.2 Å². The number of likely N-dealkylation sites (N-methyl/N-ethyl adjacent to an activating group) is 1. The molecule has 3 unspecified atom stereocenters. The molecule has 2 bridgehead atoms. The highest BCUT2D eigenvalue weighted by molar-refractivity contribution is 6.01. The second-order valence-corrected chi connectivity index (χ2v) is 7.90. The summed E-state index contributed by atoms with van der Waals surface area (Å²) in [7, 11) is 1.86.